The lowest BCUT2D eigenvalue weighted by Crippen LogP contribution is -2.28. The lowest BCUT2D eigenvalue weighted by Gasteiger charge is -2.15. The molecular formula is C19H17NO3S. The van der Waals surface area contributed by atoms with Gasteiger partial charge in [-0.25, -0.2) is 0 Å². The summed E-state index contributed by atoms with van der Waals surface area (Å²) in [4.78, 5) is 13.9. The van der Waals surface area contributed by atoms with Crippen molar-refractivity contribution in [1.29, 1.82) is 0 Å². The molecule has 0 atom stereocenters. The van der Waals surface area contributed by atoms with Crippen molar-refractivity contribution in [3.05, 3.63) is 53.8 Å². The third kappa shape index (κ3) is 3.03. The van der Waals surface area contributed by atoms with Crippen LogP contribution in [0.3, 0.4) is 0 Å². The number of thiocarbonyl (C=S) groups is 1. The smallest absolute Gasteiger partial charge is 0.289 e. The molecule has 0 saturated carbocycles. The number of furan rings is 1. The number of likely N-dealkylation sites (N-methyl/N-ethyl adjacent to an activating group) is 1. The summed E-state index contributed by atoms with van der Waals surface area (Å²) in [6, 6.07) is 13.6. The Morgan fingerprint density at radius 2 is 1.96 bits per heavy atom. The number of amides is 1. The van der Waals surface area contributed by atoms with Crippen molar-refractivity contribution in [2.45, 2.75) is 6.92 Å². The van der Waals surface area contributed by atoms with Gasteiger partial charge in [0.15, 0.2) is 11.3 Å². The number of hydrogen-bond donors (Lipinski definition) is 0. The molecule has 0 spiro atoms. The number of carbonyl (C=O) groups is 1. The fraction of sp³-hybridized carbons (Fsp3) is 0.158. The molecule has 0 aliphatic heterocycles. The normalized spacial score (nSPS) is 11.7. The highest BCUT2D eigenvalue weighted by Crippen LogP contribution is 2.29. The van der Waals surface area contributed by atoms with Gasteiger partial charge in [-0.15, -0.1) is 0 Å². The predicted octanol–water partition coefficient (Wildman–Crippen LogP) is 4.38. The lowest BCUT2D eigenvalue weighted by atomic mass is 10.1. The number of carbonyl (C=O) groups excluding carboxylic acids is 1. The highest BCUT2D eigenvalue weighted by atomic mass is 32.1. The summed E-state index contributed by atoms with van der Waals surface area (Å²) in [6.07, 6.45) is 1.69. The van der Waals surface area contributed by atoms with Crippen LogP contribution >= 0.6 is 12.2 Å². The van der Waals surface area contributed by atoms with Crippen LogP contribution in [-0.4, -0.2) is 30.0 Å². The van der Waals surface area contributed by atoms with Gasteiger partial charge in [0.25, 0.3) is 5.91 Å². The topological polar surface area (TPSA) is 42.7 Å². The van der Waals surface area contributed by atoms with E-state index in [2.05, 4.69) is 0 Å². The number of rotatable bonds is 5. The molecule has 1 heterocycles. The molecular weight excluding hydrogens is 322 g/mol. The van der Waals surface area contributed by atoms with E-state index in [9.17, 15) is 4.79 Å². The second-order valence-electron chi connectivity index (χ2n) is 5.40. The van der Waals surface area contributed by atoms with Gasteiger partial charge in [0, 0.05) is 24.4 Å². The Morgan fingerprint density at radius 3 is 2.71 bits per heavy atom. The molecule has 0 N–H and O–H groups in total. The Hall–Kier alpha value is -2.66. The molecule has 0 bridgehead atoms. The minimum atomic E-state index is -0.212. The second kappa shape index (κ2) is 6.84. The highest BCUT2D eigenvalue weighted by Gasteiger charge is 2.15. The Labute approximate surface area is 145 Å². The van der Waals surface area contributed by atoms with Gasteiger partial charge in [-0.05, 0) is 49.0 Å². The van der Waals surface area contributed by atoms with Gasteiger partial charge in [0.2, 0.25) is 0 Å². The molecule has 1 aromatic heterocycles. The number of hydrogen-bond acceptors (Lipinski definition) is 4. The first-order valence-electron chi connectivity index (χ1n) is 7.62. The largest absolute Gasteiger partial charge is 0.456 e. The summed E-state index contributed by atoms with van der Waals surface area (Å²) < 4.78 is 11.1. The molecule has 2 aromatic carbocycles. The fourth-order valence-electron chi connectivity index (χ4n) is 2.51. The SMILES string of the molecule is CCN(C)C(=O)/C(=C\c1ccc2oc3ccccc3c2c1)OC=S. The van der Waals surface area contributed by atoms with Crippen molar-refractivity contribution in [1.82, 2.24) is 4.90 Å². The van der Waals surface area contributed by atoms with Crippen LogP contribution < -0.4 is 0 Å². The Morgan fingerprint density at radius 1 is 1.21 bits per heavy atom. The van der Waals surface area contributed by atoms with E-state index in [1.807, 2.05) is 49.4 Å². The van der Waals surface area contributed by atoms with Crippen LogP contribution in [0.4, 0.5) is 0 Å². The Kier molecular flexibility index (Phi) is 4.62. The van der Waals surface area contributed by atoms with Crippen LogP contribution in [0, 0.1) is 0 Å². The van der Waals surface area contributed by atoms with Crippen LogP contribution in [0.2, 0.25) is 0 Å². The van der Waals surface area contributed by atoms with Crippen LogP contribution in [0.25, 0.3) is 28.0 Å². The van der Waals surface area contributed by atoms with Gasteiger partial charge in [0.1, 0.15) is 11.2 Å². The third-order valence-corrected chi connectivity index (χ3v) is 4.00. The van der Waals surface area contributed by atoms with Crippen molar-refractivity contribution in [3.8, 4) is 0 Å². The van der Waals surface area contributed by atoms with E-state index in [-0.39, 0.29) is 11.7 Å². The van der Waals surface area contributed by atoms with E-state index in [1.165, 1.54) is 0 Å². The van der Waals surface area contributed by atoms with Crippen LogP contribution in [0.1, 0.15) is 12.5 Å². The van der Waals surface area contributed by atoms with Crippen molar-refractivity contribution in [2.75, 3.05) is 13.6 Å². The quantitative estimate of drug-likeness (QED) is 0.393. The average Bonchev–Trinajstić information content (AvgIpc) is 2.98. The molecule has 24 heavy (non-hydrogen) atoms. The van der Waals surface area contributed by atoms with Crippen LogP contribution in [0.15, 0.2) is 52.6 Å². The van der Waals surface area contributed by atoms with Crippen molar-refractivity contribution in [3.63, 3.8) is 0 Å². The molecule has 3 aromatic rings. The minimum absolute atomic E-state index is 0.196. The summed E-state index contributed by atoms with van der Waals surface area (Å²) in [5.41, 5.74) is 3.59. The number of benzene rings is 2. The van der Waals surface area contributed by atoms with E-state index in [0.717, 1.165) is 33.1 Å². The number of nitrogens with zero attached hydrogens (tertiary/aromatic N) is 1. The van der Waals surface area contributed by atoms with Crippen molar-refractivity contribution in [2.24, 2.45) is 0 Å². The zero-order valence-corrected chi connectivity index (χ0v) is 14.3. The molecule has 122 valence electrons. The standard InChI is InChI=1S/C19H17NO3S/c1-3-20(2)19(21)18(22-12-24)11-13-8-9-17-15(10-13)14-6-4-5-7-16(14)23-17/h4-12H,3H2,1-2H3/b18-11+. The maximum Gasteiger partial charge on any atom is 0.289 e. The Balaban J connectivity index is 2.08. The monoisotopic (exact) mass is 339 g/mol. The first-order valence-corrected chi connectivity index (χ1v) is 8.10. The van der Waals surface area contributed by atoms with E-state index >= 15 is 0 Å². The number of fused-ring (bicyclic) bond motifs is 3. The zero-order valence-electron chi connectivity index (χ0n) is 13.5. The van der Waals surface area contributed by atoms with Gasteiger partial charge in [-0.3, -0.25) is 4.79 Å². The molecule has 4 nitrogen and oxygen atoms in total. The Bertz CT molecular complexity index is 942. The van der Waals surface area contributed by atoms with Crippen LogP contribution in [0.5, 0.6) is 0 Å². The minimum Gasteiger partial charge on any atom is -0.456 e. The number of ether oxygens (including phenoxy) is 1. The highest BCUT2D eigenvalue weighted by molar-refractivity contribution is 7.78. The van der Waals surface area contributed by atoms with Gasteiger partial charge >= 0.3 is 0 Å². The molecule has 0 aliphatic rings. The average molecular weight is 339 g/mol. The van der Waals surface area contributed by atoms with Gasteiger partial charge in [-0.2, -0.15) is 0 Å². The zero-order chi connectivity index (χ0) is 17.1. The van der Waals surface area contributed by atoms with Crippen LogP contribution in [-0.2, 0) is 9.53 Å². The maximum absolute atomic E-state index is 12.3. The van der Waals surface area contributed by atoms with E-state index in [1.54, 1.807) is 18.0 Å². The van der Waals surface area contributed by atoms with E-state index in [4.69, 9.17) is 21.4 Å². The molecule has 0 unspecified atom stereocenters. The lowest BCUT2D eigenvalue weighted by molar-refractivity contribution is -0.127. The molecule has 5 heteroatoms. The van der Waals surface area contributed by atoms with E-state index in [0.29, 0.717) is 6.54 Å². The summed E-state index contributed by atoms with van der Waals surface area (Å²) >= 11 is 4.74. The van der Waals surface area contributed by atoms with Crippen molar-refractivity contribution < 1.29 is 13.9 Å². The molecule has 0 aliphatic carbocycles. The number of para-hydroxylation sites is 1. The molecule has 0 radical (unpaired) electrons. The molecule has 0 fully saturated rings. The van der Waals surface area contributed by atoms with Gasteiger partial charge in [0.05, 0.1) is 0 Å². The maximum atomic E-state index is 12.3. The van der Waals surface area contributed by atoms with E-state index < -0.39 is 0 Å². The summed E-state index contributed by atoms with van der Waals surface area (Å²) in [5.74, 6) is -0.0164. The second-order valence-corrected chi connectivity index (χ2v) is 5.59. The summed E-state index contributed by atoms with van der Waals surface area (Å²) in [6.45, 7) is 2.49. The van der Waals surface area contributed by atoms with Crippen molar-refractivity contribution >= 4 is 51.7 Å². The molecule has 3 rings (SSSR count). The third-order valence-electron chi connectivity index (χ3n) is 3.91. The van der Waals surface area contributed by atoms with Gasteiger partial charge in [-0.1, -0.05) is 24.3 Å². The first-order chi connectivity index (χ1) is 11.6. The fourth-order valence-corrected chi connectivity index (χ4v) is 2.62. The molecule has 0 saturated heterocycles. The summed E-state index contributed by atoms with van der Waals surface area (Å²) in [5, 5.41) is 2.04. The predicted molar refractivity (Wildman–Crippen MR) is 99.7 cm³/mol. The molecule has 1 amide bonds. The van der Waals surface area contributed by atoms with Gasteiger partial charge < -0.3 is 14.1 Å². The summed E-state index contributed by atoms with van der Waals surface area (Å²) in [7, 11) is 1.72. The first kappa shape index (κ1) is 16.2.